The van der Waals surface area contributed by atoms with Crippen LogP contribution in [0.25, 0.3) is 0 Å². The first-order valence-electron chi connectivity index (χ1n) is 34.1. The summed E-state index contributed by atoms with van der Waals surface area (Å²) < 4.78 is 11.3. The largest absolute Gasteiger partial charge is 0.394 e. The average Bonchev–Trinajstić information content (AvgIpc) is 3.57. The molecule has 7 unspecified atom stereocenters. The van der Waals surface area contributed by atoms with Crippen molar-refractivity contribution < 1.29 is 39.8 Å². The van der Waals surface area contributed by atoms with Crippen LogP contribution in [0.15, 0.2) is 109 Å². The molecule has 0 aromatic carbocycles. The molecule has 472 valence electrons. The predicted molar refractivity (Wildman–Crippen MR) is 350 cm³/mol. The molecule has 1 fully saturated rings. The normalized spacial score (nSPS) is 19.0. The van der Waals surface area contributed by atoms with Crippen molar-refractivity contribution in [2.24, 2.45) is 0 Å². The van der Waals surface area contributed by atoms with E-state index >= 15 is 0 Å². The van der Waals surface area contributed by atoms with Gasteiger partial charge in [-0.2, -0.15) is 0 Å². The van der Waals surface area contributed by atoms with Gasteiger partial charge in [-0.3, -0.25) is 4.79 Å². The van der Waals surface area contributed by atoms with Crippen LogP contribution in [0.4, 0.5) is 0 Å². The summed E-state index contributed by atoms with van der Waals surface area (Å²) in [7, 11) is 0. The molecule has 0 saturated carbocycles. The monoisotopic (exact) mass is 1150 g/mol. The zero-order valence-electron chi connectivity index (χ0n) is 52.7. The van der Waals surface area contributed by atoms with Crippen LogP contribution in [0.2, 0.25) is 0 Å². The van der Waals surface area contributed by atoms with E-state index < -0.39 is 49.5 Å². The Hall–Kier alpha value is -3.15. The molecule has 1 aliphatic rings. The average molecular weight is 1150 g/mol. The summed E-state index contributed by atoms with van der Waals surface area (Å²) in [5.74, 6) is -0.200. The Morgan fingerprint density at radius 2 is 0.768 bits per heavy atom. The molecule has 1 saturated heterocycles. The van der Waals surface area contributed by atoms with Crippen molar-refractivity contribution in [2.45, 2.75) is 333 Å². The summed E-state index contributed by atoms with van der Waals surface area (Å²) in [6.07, 6.45) is 83.3. The Labute approximate surface area is 504 Å². The van der Waals surface area contributed by atoms with Gasteiger partial charge in [-0.25, -0.2) is 0 Å². The van der Waals surface area contributed by atoms with Gasteiger partial charge in [-0.05, 0) is 89.9 Å². The van der Waals surface area contributed by atoms with Gasteiger partial charge in [0.05, 0.1) is 25.4 Å². The number of hydrogen-bond donors (Lipinski definition) is 6. The molecule has 0 radical (unpaired) electrons. The zero-order valence-corrected chi connectivity index (χ0v) is 52.7. The van der Waals surface area contributed by atoms with E-state index in [2.05, 4.69) is 116 Å². The molecule has 1 aliphatic heterocycles. The summed E-state index contributed by atoms with van der Waals surface area (Å²) in [5, 5.41) is 54.7. The standard InChI is InChI=1S/C73H127NO8/c1-3-5-7-9-11-13-15-17-19-21-23-25-27-29-31-33-35-36-38-40-42-44-46-48-50-52-54-56-58-60-62-67(76)66(65-81-73-72(80)71(79)70(78)68(64-75)82-73)74-69(77)63-61-59-57-55-53-51-49-47-45-43-41-39-37-34-32-30-28-26-24-22-20-18-16-14-12-10-8-6-4-2/h6,8,12,14,18,20,24,26,30,32,37,39,43,45,52,54,60,62,66-68,70-73,75-76,78-80H,3-5,7,9-11,13,15-17,19,21-23,25,27-29,31,33-36,38,40-42,44,46-51,53,55-59,61,63-65H2,1-2H3,(H,74,77)/b8-6-,14-12-,20-18-,26-24-,32-30-,39-37-,45-43-,54-52+,62-60+. The fourth-order valence-electron chi connectivity index (χ4n) is 10.3. The van der Waals surface area contributed by atoms with Gasteiger partial charge in [0.15, 0.2) is 6.29 Å². The Kier molecular flexibility index (Phi) is 57.1. The van der Waals surface area contributed by atoms with E-state index in [1.165, 1.54) is 173 Å². The highest BCUT2D eigenvalue weighted by Crippen LogP contribution is 2.23. The van der Waals surface area contributed by atoms with Gasteiger partial charge in [0, 0.05) is 6.42 Å². The second-order valence-electron chi connectivity index (χ2n) is 23.2. The molecule has 0 aromatic rings. The fourth-order valence-corrected chi connectivity index (χ4v) is 10.3. The van der Waals surface area contributed by atoms with Crippen molar-refractivity contribution in [2.75, 3.05) is 13.2 Å². The van der Waals surface area contributed by atoms with Crippen LogP contribution in [0.1, 0.15) is 290 Å². The van der Waals surface area contributed by atoms with Crippen LogP contribution in [0, 0.1) is 0 Å². The number of rotatable bonds is 58. The van der Waals surface area contributed by atoms with E-state index in [9.17, 15) is 30.3 Å². The summed E-state index contributed by atoms with van der Waals surface area (Å²) in [5.41, 5.74) is 0. The number of amides is 1. The van der Waals surface area contributed by atoms with Gasteiger partial charge in [0.1, 0.15) is 24.4 Å². The Bertz CT molecular complexity index is 1660. The molecule has 6 N–H and O–H groups in total. The van der Waals surface area contributed by atoms with E-state index in [4.69, 9.17) is 9.47 Å². The van der Waals surface area contributed by atoms with Crippen molar-refractivity contribution in [3.8, 4) is 0 Å². The fraction of sp³-hybridized carbons (Fsp3) is 0.740. The quantitative estimate of drug-likeness (QED) is 0.0261. The first kappa shape index (κ1) is 76.9. The van der Waals surface area contributed by atoms with Crippen LogP contribution < -0.4 is 5.32 Å². The SMILES string of the molecule is CC/C=C\C/C=C\C/C=C\C/C=C\C/C=C\C/C=C\C/C=C\CCCCCCCCCC(=O)NC(COC1OC(CO)C(O)C(O)C1O)C(O)/C=C/CC/C=C/CCCCCCCCCCCCCCCCCCCCCCCCCC. The highest BCUT2D eigenvalue weighted by Gasteiger charge is 2.44. The van der Waals surface area contributed by atoms with Gasteiger partial charge >= 0.3 is 0 Å². The van der Waals surface area contributed by atoms with Crippen LogP contribution >= 0.6 is 0 Å². The maximum Gasteiger partial charge on any atom is 0.220 e. The number of allylic oxidation sites excluding steroid dienone is 17. The molecule has 1 rings (SSSR count). The van der Waals surface area contributed by atoms with E-state index in [1.807, 2.05) is 6.08 Å². The highest BCUT2D eigenvalue weighted by molar-refractivity contribution is 5.76. The first-order chi connectivity index (χ1) is 40.3. The molecule has 0 bridgehead atoms. The minimum Gasteiger partial charge on any atom is -0.394 e. The Morgan fingerprint density at radius 3 is 1.17 bits per heavy atom. The van der Waals surface area contributed by atoms with Gasteiger partial charge in [0.2, 0.25) is 5.91 Å². The number of carbonyl (C=O) groups excluding carboxylic acids is 1. The molecule has 9 nitrogen and oxygen atoms in total. The van der Waals surface area contributed by atoms with Crippen molar-refractivity contribution in [3.63, 3.8) is 0 Å². The topological polar surface area (TPSA) is 149 Å². The van der Waals surface area contributed by atoms with Crippen LogP contribution in [0.3, 0.4) is 0 Å². The summed E-state index contributed by atoms with van der Waals surface area (Å²) in [6, 6.07) is -0.838. The number of carbonyl (C=O) groups is 1. The van der Waals surface area contributed by atoms with Crippen molar-refractivity contribution in [3.05, 3.63) is 109 Å². The molecule has 1 amide bonds. The predicted octanol–water partition coefficient (Wildman–Crippen LogP) is 18.5. The number of aliphatic hydroxyl groups is 5. The third kappa shape index (κ3) is 49.1. The molecule has 0 aromatic heterocycles. The minimum absolute atomic E-state index is 0.200. The van der Waals surface area contributed by atoms with Crippen LogP contribution in [-0.2, 0) is 14.3 Å². The second kappa shape index (κ2) is 61.0. The number of unbranched alkanes of at least 4 members (excludes halogenated alkanes) is 32. The number of ether oxygens (including phenoxy) is 2. The lowest BCUT2D eigenvalue weighted by molar-refractivity contribution is -0.302. The Morgan fingerprint density at radius 1 is 0.427 bits per heavy atom. The lowest BCUT2D eigenvalue weighted by atomic mass is 9.99. The Balaban J connectivity index is 2.20. The molecule has 0 spiro atoms. The van der Waals surface area contributed by atoms with Crippen LogP contribution in [0.5, 0.6) is 0 Å². The molecule has 82 heavy (non-hydrogen) atoms. The van der Waals surface area contributed by atoms with Gasteiger partial charge in [0.25, 0.3) is 0 Å². The van der Waals surface area contributed by atoms with Gasteiger partial charge in [-0.1, -0.05) is 303 Å². The minimum atomic E-state index is -1.58. The molecule has 9 heteroatoms. The van der Waals surface area contributed by atoms with Gasteiger partial charge < -0.3 is 40.3 Å². The van der Waals surface area contributed by atoms with E-state index in [0.29, 0.717) is 6.42 Å². The summed E-state index contributed by atoms with van der Waals surface area (Å²) >= 11 is 0. The molecule has 7 atom stereocenters. The smallest absolute Gasteiger partial charge is 0.220 e. The van der Waals surface area contributed by atoms with E-state index in [0.717, 1.165) is 96.3 Å². The number of nitrogens with one attached hydrogen (secondary N) is 1. The maximum atomic E-state index is 13.1. The van der Waals surface area contributed by atoms with Crippen molar-refractivity contribution in [1.29, 1.82) is 0 Å². The molecular formula is C73H127NO8. The lowest BCUT2D eigenvalue weighted by Crippen LogP contribution is -2.60. The number of aliphatic hydroxyl groups excluding tert-OH is 5. The zero-order chi connectivity index (χ0) is 59.3. The third-order valence-corrected chi connectivity index (χ3v) is 15.6. The second-order valence-corrected chi connectivity index (χ2v) is 23.2. The third-order valence-electron chi connectivity index (χ3n) is 15.6. The lowest BCUT2D eigenvalue weighted by Gasteiger charge is -2.40. The van der Waals surface area contributed by atoms with E-state index in [-0.39, 0.29) is 12.5 Å². The van der Waals surface area contributed by atoms with Crippen molar-refractivity contribution >= 4 is 5.91 Å². The first-order valence-corrected chi connectivity index (χ1v) is 34.1. The molecule has 0 aliphatic carbocycles. The highest BCUT2D eigenvalue weighted by atomic mass is 16.7. The molecule has 1 heterocycles. The van der Waals surface area contributed by atoms with Crippen LogP contribution in [-0.4, -0.2) is 87.5 Å². The van der Waals surface area contributed by atoms with Crippen molar-refractivity contribution in [1.82, 2.24) is 5.32 Å². The summed E-state index contributed by atoms with van der Waals surface area (Å²) in [4.78, 5) is 13.1. The molecular weight excluding hydrogens is 1020 g/mol. The maximum absolute atomic E-state index is 13.1. The van der Waals surface area contributed by atoms with E-state index in [1.54, 1.807) is 6.08 Å². The number of hydrogen-bond acceptors (Lipinski definition) is 8. The van der Waals surface area contributed by atoms with Gasteiger partial charge in [-0.15, -0.1) is 0 Å². The summed E-state index contributed by atoms with van der Waals surface area (Å²) in [6.45, 7) is 3.67.